The molecule has 0 aliphatic heterocycles. The molecule has 0 atom stereocenters. The molecule has 0 aromatic rings. The Bertz CT molecular complexity index is 123. The third-order valence-corrected chi connectivity index (χ3v) is 1.28. The van der Waals surface area contributed by atoms with Gasteiger partial charge in [0, 0.05) is 11.9 Å². The Morgan fingerprint density at radius 3 is 2.90 bits per heavy atom. The molecule has 0 heterocycles. The number of rotatable bonds is 4. The number of hydrogen-bond acceptors (Lipinski definition) is 1. The van der Waals surface area contributed by atoms with E-state index in [0.717, 1.165) is 18.3 Å². The molecule has 0 unspecified atom stereocenters. The zero-order chi connectivity index (χ0) is 7.82. The molecule has 0 bridgehead atoms. The molecule has 0 aromatic carbocycles. The summed E-state index contributed by atoms with van der Waals surface area (Å²) in [6.07, 6.45) is 4.28. The van der Waals surface area contributed by atoms with Crippen molar-refractivity contribution in [3.8, 4) is 0 Å². The first kappa shape index (κ1) is 9.69. The maximum absolute atomic E-state index is 10.7. The highest BCUT2D eigenvalue weighted by molar-refractivity contribution is 9.09. The number of allylic oxidation sites excluding steroid dienone is 1. The second-order valence-corrected chi connectivity index (χ2v) is 2.50. The van der Waals surface area contributed by atoms with Gasteiger partial charge in [-0.15, -0.1) is 0 Å². The van der Waals surface area contributed by atoms with E-state index in [2.05, 4.69) is 21.2 Å². The van der Waals surface area contributed by atoms with Crippen LogP contribution in [-0.4, -0.2) is 17.8 Å². The molecule has 0 spiro atoms. The van der Waals surface area contributed by atoms with Crippen LogP contribution >= 0.6 is 15.9 Å². The SMILES string of the molecule is CCCNC(=O)/C=C/CBr. The van der Waals surface area contributed by atoms with E-state index in [4.69, 9.17) is 0 Å². The highest BCUT2D eigenvalue weighted by atomic mass is 79.9. The molecule has 0 rings (SSSR count). The Morgan fingerprint density at radius 1 is 1.70 bits per heavy atom. The minimum absolute atomic E-state index is 0.0127. The third-order valence-electron chi connectivity index (χ3n) is 0.908. The van der Waals surface area contributed by atoms with Crippen molar-refractivity contribution in [1.82, 2.24) is 5.32 Å². The fourth-order valence-corrected chi connectivity index (χ4v) is 0.646. The molecular weight excluding hydrogens is 194 g/mol. The summed E-state index contributed by atoms with van der Waals surface area (Å²) in [7, 11) is 0. The largest absolute Gasteiger partial charge is 0.353 e. The van der Waals surface area contributed by atoms with Gasteiger partial charge in [-0.25, -0.2) is 0 Å². The first-order chi connectivity index (χ1) is 4.81. The average molecular weight is 206 g/mol. The van der Waals surface area contributed by atoms with Crippen LogP contribution < -0.4 is 5.32 Å². The second kappa shape index (κ2) is 6.81. The van der Waals surface area contributed by atoms with Gasteiger partial charge in [-0.3, -0.25) is 4.79 Å². The van der Waals surface area contributed by atoms with E-state index in [0.29, 0.717) is 0 Å². The third kappa shape index (κ3) is 5.82. The lowest BCUT2D eigenvalue weighted by Gasteiger charge is -1.95. The highest BCUT2D eigenvalue weighted by Gasteiger charge is 1.89. The molecule has 3 heteroatoms. The molecular formula is C7H12BrNO. The van der Waals surface area contributed by atoms with E-state index in [1.54, 1.807) is 6.08 Å². The molecule has 0 saturated carbocycles. The molecule has 2 nitrogen and oxygen atoms in total. The van der Waals surface area contributed by atoms with Crippen LogP contribution in [0.5, 0.6) is 0 Å². The summed E-state index contributed by atoms with van der Waals surface area (Å²) in [5.41, 5.74) is 0. The molecule has 1 N–H and O–H groups in total. The van der Waals surface area contributed by atoms with Crippen molar-refractivity contribution in [2.45, 2.75) is 13.3 Å². The first-order valence-electron chi connectivity index (χ1n) is 3.31. The molecule has 1 amide bonds. The molecule has 0 aliphatic carbocycles. The first-order valence-corrected chi connectivity index (χ1v) is 4.43. The smallest absolute Gasteiger partial charge is 0.243 e. The summed E-state index contributed by atoms with van der Waals surface area (Å²) in [5, 5.41) is 3.45. The summed E-state index contributed by atoms with van der Waals surface area (Å²) < 4.78 is 0. The summed E-state index contributed by atoms with van der Waals surface area (Å²) in [6, 6.07) is 0. The van der Waals surface area contributed by atoms with Crippen molar-refractivity contribution >= 4 is 21.8 Å². The number of alkyl halides is 1. The van der Waals surface area contributed by atoms with Gasteiger partial charge in [-0.05, 0) is 12.5 Å². The molecule has 10 heavy (non-hydrogen) atoms. The Kier molecular flexibility index (Phi) is 6.59. The second-order valence-electron chi connectivity index (χ2n) is 1.85. The van der Waals surface area contributed by atoms with Crippen molar-refractivity contribution in [3.05, 3.63) is 12.2 Å². The van der Waals surface area contributed by atoms with Gasteiger partial charge >= 0.3 is 0 Å². The van der Waals surface area contributed by atoms with Crippen molar-refractivity contribution in [1.29, 1.82) is 0 Å². The van der Waals surface area contributed by atoms with Crippen LogP contribution in [0.15, 0.2) is 12.2 Å². The van der Waals surface area contributed by atoms with Crippen LogP contribution in [-0.2, 0) is 4.79 Å². The number of halogens is 1. The van der Waals surface area contributed by atoms with Crippen LogP contribution in [0.2, 0.25) is 0 Å². The number of carbonyl (C=O) groups is 1. The fraction of sp³-hybridized carbons (Fsp3) is 0.571. The van der Waals surface area contributed by atoms with Crippen LogP contribution in [0.4, 0.5) is 0 Å². The van der Waals surface area contributed by atoms with E-state index >= 15 is 0 Å². The standard InChI is InChI=1S/C7H12BrNO/c1-2-6-9-7(10)4-3-5-8/h3-4H,2,5-6H2,1H3,(H,9,10)/b4-3+. The van der Waals surface area contributed by atoms with E-state index < -0.39 is 0 Å². The predicted molar refractivity (Wildman–Crippen MR) is 46.2 cm³/mol. The lowest BCUT2D eigenvalue weighted by Crippen LogP contribution is -2.21. The van der Waals surface area contributed by atoms with E-state index in [-0.39, 0.29) is 5.91 Å². The summed E-state index contributed by atoms with van der Waals surface area (Å²) >= 11 is 3.18. The number of amides is 1. The monoisotopic (exact) mass is 205 g/mol. The number of hydrogen-bond donors (Lipinski definition) is 1. The minimum Gasteiger partial charge on any atom is -0.353 e. The van der Waals surface area contributed by atoms with E-state index in [1.807, 2.05) is 6.92 Å². The molecule has 58 valence electrons. The van der Waals surface area contributed by atoms with Gasteiger partial charge in [0.2, 0.25) is 5.91 Å². The van der Waals surface area contributed by atoms with Gasteiger partial charge in [-0.1, -0.05) is 28.9 Å². The Balaban J connectivity index is 3.34. The summed E-state index contributed by atoms with van der Waals surface area (Å²) in [4.78, 5) is 10.7. The zero-order valence-corrected chi connectivity index (χ0v) is 7.65. The maximum Gasteiger partial charge on any atom is 0.243 e. The molecule has 0 aromatic heterocycles. The number of carbonyl (C=O) groups excluding carboxylic acids is 1. The minimum atomic E-state index is -0.0127. The van der Waals surface area contributed by atoms with Crippen LogP contribution in [0.3, 0.4) is 0 Å². The molecule has 0 saturated heterocycles. The van der Waals surface area contributed by atoms with Crippen molar-refractivity contribution in [2.24, 2.45) is 0 Å². The van der Waals surface area contributed by atoms with Crippen LogP contribution in [0.1, 0.15) is 13.3 Å². The van der Waals surface area contributed by atoms with Gasteiger partial charge in [0.15, 0.2) is 0 Å². The normalized spacial score (nSPS) is 10.2. The Labute approximate surface area is 69.8 Å². The maximum atomic E-state index is 10.7. The van der Waals surface area contributed by atoms with Gasteiger partial charge in [0.05, 0.1) is 0 Å². The van der Waals surface area contributed by atoms with Crippen molar-refractivity contribution < 1.29 is 4.79 Å². The lowest BCUT2D eigenvalue weighted by molar-refractivity contribution is -0.116. The molecule has 0 radical (unpaired) electrons. The molecule has 0 aliphatic rings. The van der Waals surface area contributed by atoms with Gasteiger partial charge in [0.25, 0.3) is 0 Å². The highest BCUT2D eigenvalue weighted by Crippen LogP contribution is 1.81. The fourth-order valence-electron chi connectivity index (χ4n) is 0.459. The van der Waals surface area contributed by atoms with Gasteiger partial charge < -0.3 is 5.32 Å². The van der Waals surface area contributed by atoms with E-state index in [1.165, 1.54) is 6.08 Å². The predicted octanol–water partition coefficient (Wildman–Crippen LogP) is 1.46. The van der Waals surface area contributed by atoms with Gasteiger partial charge in [0.1, 0.15) is 0 Å². The Hall–Kier alpha value is -0.310. The quantitative estimate of drug-likeness (QED) is 0.547. The lowest BCUT2D eigenvalue weighted by atomic mass is 10.4. The summed E-state index contributed by atoms with van der Waals surface area (Å²) in [5.74, 6) is -0.0127. The average Bonchev–Trinajstić information content (AvgIpc) is 1.97. The van der Waals surface area contributed by atoms with Crippen molar-refractivity contribution in [2.75, 3.05) is 11.9 Å². The zero-order valence-electron chi connectivity index (χ0n) is 6.06. The summed E-state index contributed by atoms with van der Waals surface area (Å²) in [6.45, 7) is 2.78. The number of nitrogens with one attached hydrogen (secondary N) is 1. The van der Waals surface area contributed by atoms with Gasteiger partial charge in [-0.2, -0.15) is 0 Å². The van der Waals surface area contributed by atoms with Crippen LogP contribution in [0.25, 0.3) is 0 Å². The van der Waals surface area contributed by atoms with Crippen LogP contribution in [0, 0.1) is 0 Å². The van der Waals surface area contributed by atoms with E-state index in [9.17, 15) is 4.79 Å². The Morgan fingerprint density at radius 2 is 2.40 bits per heavy atom. The van der Waals surface area contributed by atoms with Crippen molar-refractivity contribution in [3.63, 3.8) is 0 Å². The molecule has 0 fully saturated rings. The topological polar surface area (TPSA) is 29.1 Å².